The summed E-state index contributed by atoms with van der Waals surface area (Å²) in [6.07, 6.45) is -2.39. The molecular weight excluding hydrogens is 1040 g/mol. The molecule has 436 valence electrons. The molecule has 9 atom stereocenters. The van der Waals surface area contributed by atoms with E-state index in [2.05, 4.69) is 42.5 Å². The van der Waals surface area contributed by atoms with Crippen LogP contribution in [-0.4, -0.2) is 158 Å². The molecule has 2 rings (SSSR count). The van der Waals surface area contributed by atoms with Gasteiger partial charge in [-0.1, -0.05) is 52.0 Å². The molecule has 9 amide bonds. The molecule has 0 aromatic heterocycles. The first kappa shape index (κ1) is 66.7. The van der Waals surface area contributed by atoms with Gasteiger partial charge in [-0.05, 0) is 92.8 Å². The number of aromatic hydroxyl groups is 2. The molecule has 2 aromatic carbocycles. The Hall–Kier alpha value is -8.40. The lowest BCUT2D eigenvalue weighted by molar-refractivity contribution is -0.143. The van der Waals surface area contributed by atoms with Crippen LogP contribution in [0.2, 0.25) is 0 Å². The van der Waals surface area contributed by atoms with Crippen molar-refractivity contribution in [2.75, 3.05) is 6.54 Å². The van der Waals surface area contributed by atoms with Crippen LogP contribution in [0.25, 0.3) is 0 Å². The molecule has 28 heteroatoms. The van der Waals surface area contributed by atoms with Gasteiger partial charge in [0, 0.05) is 19.3 Å². The van der Waals surface area contributed by atoms with Gasteiger partial charge in [0.05, 0.1) is 18.9 Å². The molecule has 0 fully saturated rings. The molecule has 0 aliphatic heterocycles. The van der Waals surface area contributed by atoms with Crippen LogP contribution in [-0.2, 0) is 70.4 Å². The van der Waals surface area contributed by atoms with Crippen LogP contribution in [0.1, 0.15) is 97.1 Å². The highest BCUT2D eigenvalue weighted by Crippen LogP contribution is 2.15. The summed E-state index contributed by atoms with van der Waals surface area (Å²) in [5.41, 5.74) is 17.5. The van der Waals surface area contributed by atoms with Gasteiger partial charge in [-0.15, -0.1) is 0 Å². The smallest absolute Gasteiger partial charge is 0.326 e. The Kier molecular flexibility index (Phi) is 27.9. The number of amides is 9. The van der Waals surface area contributed by atoms with Crippen molar-refractivity contribution in [3.8, 4) is 11.5 Å². The van der Waals surface area contributed by atoms with Crippen molar-refractivity contribution in [2.24, 2.45) is 29.0 Å². The maximum Gasteiger partial charge on any atom is 0.326 e. The number of aliphatic carboxylic acids is 3. The second-order valence-corrected chi connectivity index (χ2v) is 19.6. The van der Waals surface area contributed by atoms with Crippen molar-refractivity contribution >= 4 is 71.1 Å². The van der Waals surface area contributed by atoms with Crippen LogP contribution in [0.5, 0.6) is 11.5 Å². The van der Waals surface area contributed by atoms with E-state index < -0.39 is 144 Å². The standard InChI is InChI=1S/C51H75N11O17/c1-25(2)20-38(51(78)79)61-45(72)33(8-6-7-19-52)56-47(74)35(22-29-11-15-31(64)16-12-29)60-50(77)42(26(3)4)62-43(70)27(5)55-46(73)36(23-40(66)67)58-49(76)37(24-41(68)69)59-48(75)34(21-28-9-13-30(63)14-10-28)57-44(71)32(53)17-18-39(54)65/h9-16,25-27,32-38,42,63-64H,6-8,17-24,52-53H2,1-5H3,(H2,54,65)(H,55,73)(H,56,74)(H,57,71)(H,58,76)(H,59,75)(H,60,77)(H,61,72)(H,62,70)(H,66,67)(H,68,69)(H,78,79)/t27-,32-,33-,34-,35-,36-,37-,38-,42-/m0/s1. The van der Waals surface area contributed by atoms with Gasteiger partial charge in [0.1, 0.15) is 59.8 Å². The second kappa shape index (κ2) is 33.0. The number of unbranched alkanes of at least 4 members (excludes halogenated alkanes) is 1. The fourth-order valence-corrected chi connectivity index (χ4v) is 7.63. The second-order valence-electron chi connectivity index (χ2n) is 19.6. The van der Waals surface area contributed by atoms with Gasteiger partial charge >= 0.3 is 17.9 Å². The van der Waals surface area contributed by atoms with E-state index in [1.54, 1.807) is 13.8 Å². The van der Waals surface area contributed by atoms with E-state index in [0.717, 1.165) is 6.92 Å². The van der Waals surface area contributed by atoms with E-state index in [0.29, 0.717) is 24.0 Å². The Morgan fingerprint density at radius 3 is 1.30 bits per heavy atom. The maximum atomic E-state index is 14.1. The third-order valence-electron chi connectivity index (χ3n) is 12.0. The summed E-state index contributed by atoms with van der Waals surface area (Å²) >= 11 is 0. The van der Waals surface area contributed by atoms with Crippen molar-refractivity contribution in [2.45, 2.75) is 153 Å². The van der Waals surface area contributed by atoms with Crippen molar-refractivity contribution in [3.05, 3.63) is 59.7 Å². The lowest BCUT2D eigenvalue weighted by atomic mass is 9.99. The van der Waals surface area contributed by atoms with Gasteiger partial charge < -0.3 is 85.3 Å². The molecule has 0 heterocycles. The SMILES string of the molecule is CC(C)C[C@H](NC(=O)[C@H](CCCCN)NC(=O)[C@H](Cc1ccc(O)cc1)NC(=O)[C@@H](NC(=O)[C@H](C)NC(=O)[C@H](CC(=O)O)NC(=O)[C@H](CC(=O)O)NC(=O)[C@H](Cc1ccc(O)cc1)NC(=O)[C@@H](N)CCC(N)=O)C(C)C)C(=O)O. The van der Waals surface area contributed by atoms with Crippen LogP contribution in [0, 0.1) is 11.8 Å². The number of phenols is 2. The quantitative estimate of drug-likeness (QED) is 0.0311. The monoisotopic (exact) mass is 1110 g/mol. The Labute approximate surface area is 455 Å². The van der Waals surface area contributed by atoms with Gasteiger partial charge in [0.15, 0.2) is 0 Å². The molecule has 0 bridgehead atoms. The van der Waals surface area contributed by atoms with Gasteiger partial charge in [0.2, 0.25) is 53.2 Å². The molecule has 0 saturated heterocycles. The van der Waals surface area contributed by atoms with E-state index >= 15 is 0 Å². The largest absolute Gasteiger partial charge is 0.508 e. The Balaban J connectivity index is 2.37. The summed E-state index contributed by atoms with van der Waals surface area (Å²) in [7, 11) is 0. The van der Waals surface area contributed by atoms with Crippen LogP contribution < -0.4 is 59.7 Å². The Morgan fingerprint density at radius 2 is 0.886 bits per heavy atom. The normalized spacial score (nSPS) is 14.5. The Morgan fingerprint density at radius 1 is 0.481 bits per heavy atom. The van der Waals surface area contributed by atoms with Crippen molar-refractivity contribution in [1.82, 2.24) is 42.5 Å². The molecule has 0 unspecified atom stereocenters. The topological polar surface area (TPSA) is 480 Å². The predicted octanol–water partition coefficient (Wildman–Crippen LogP) is -2.76. The first-order valence-electron chi connectivity index (χ1n) is 25.4. The minimum Gasteiger partial charge on any atom is -0.508 e. The van der Waals surface area contributed by atoms with Crippen LogP contribution >= 0.6 is 0 Å². The molecule has 0 aliphatic carbocycles. The van der Waals surface area contributed by atoms with E-state index in [-0.39, 0.29) is 62.5 Å². The summed E-state index contributed by atoms with van der Waals surface area (Å²) in [6.45, 7) is 8.00. The third-order valence-corrected chi connectivity index (χ3v) is 12.0. The number of hydrogen-bond donors (Lipinski definition) is 16. The number of hydrogen-bond acceptors (Lipinski definition) is 16. The zero-order chi connectivity index (χ0) is 59.7. The number of carbonyl (C=O) groups excluding carboxylic acids is 9. The molecule has 28 nitrogen and oxygen atoms in total. The Bertz CT molecular complexity index is 2460. The van der Waals surface area contributed by atoms with Gasteiger partial charge in [0.25, 0.3) is 0 Å². The molecular formula is C51H75N11O17. The number of carboxylic acids is 3. The number of nitrogens with one attached hydrogen (secondary N) is 8. The van der Waals surface area contributed by atoms with E-state index in [1.807, 2.05) is 0 Å². The summed E-state index contributed by atoms with van der Waals surface area (Å²) in [5.74, 6) is -14.8. The zero-order valence-corrected chi connectivity index (χ0v) is 44.6. The number of phenolic OH excluding ortho intramolecular Hbond substituents is 2. The molecule has 0 spiro atoms. The highest BCUT2D eigenvalue weighted by molar-refractivity contribution is 5.99. The summed E-state index contributed by atoms with van der Waals surface area (Å²) in [6, 6.07) is -3.09. The first-order chi connectivity index (χ1) is 37.0. The average Bonchev–Trinajstić information content (AvgIpc) is 3.36. The van der Waals surface area contributed by atoms with Crippen LogP contribution in [0.15, 0.2) is 48.5 Å². The molecule has 0 saturated carbocycles. The number of nitrogens with two attached hydrogens (primary N) is 3. The van der Waals surface area contributed by atoms with Crippen LogP contribution in [0.3, 0.4) is 0 Å². The maximum absolute atomic E-state index is 14.1. The zero-order valence-electron chi connectivity index (χ0n) is 44.6. The van der Waals surface area contributed by atoms with Crippen molar-refractivity contribution in [1.29, 1.82) is 0 Å². The minimum absolute atomic E-state index is 0.0381. The molecule has 0 aliphatic rings. The van der Waals surface area contributed by atoms with E-state index in [1.165, 1.54) is 62.4 Å². The number of benzene rings is 2. The highest BCUT2D eigenvalue weighted by atomic mass is 16.4. The minimum atomic E-state index is -2.03. The fraction of sp³-hybridized carbons (Fsp3) is 0.529. The van der Waals surface area contributed by atoms with Gasteiger partial charge in [-0.25, -0.2) is 4.79 Å². The van der Waals surface area contributed by atoms with Crippen molar-refractivity contribution in [3.63, 3.8) is 0 Å². The van der Waals surface area contributed by atoms with E-state index in [9.17, 15) is 83.1 Å². The summed E-state index contributed by atoms with van der Waals surface area (Å²) in [5, 5.41) is 67.9. The number of primary amides is 1. The van der Waals surface area contributed by atoms with Crippen molar-refractivity contribution < 1.29 is 83.1 Å². The van der Waals surface area contributed by atoms with Gasteiger partial charge in [-0.2, -0.15) is 0 Å². The third kappa shape index (κ3) is 24.6. The molecule has 2 aromatic rings. The lowest BCUT2D eigenvalue weighted by Gasteiger charge is -2.28. The predicted molar refractivity (Wildman–Crippen MR) is 280 cm³/mol. The molecule has 0 radical (unpaired) electrons. The summed E-state index contributed by atoms with van der Waals surface area (Å²) in [4.78, 5) is 157. The highest BCUT2D eigenvalue weighted by Gasteiger charge is 2.36. The van der Waals surface area contributed by atoms with Gasteiger partial charge in [-0.3, -0.25) is 52.7 Å². The molecule has 79 heavy (non-hydrogen) atoms. The number of rotatable bonds is 35. The lowest BCUT2D eigenvalue weighted by Crippen LogP contribution is -2.61. The summed E-state index contributed by atoms with van der Waals surface area (Å²) < 4.78 is 0. The van der Waals surface area contributed by atoms with Crippen LogP contribution in [0.4, 0.5) is 0 Å². The number of carboxylic acid groups (broad SMARTS) is 3. The number of carbonyl (C=O) groups is 12. The van der Waals surface area contributed by atoms with E-state index in [4.69, 9.17) is 17.2 Å². The fourth-order valence-electron chi connectivity index (χ4n) is 7.63. The first-order valence-corrected chi connectivity index (χ1v) is 25.4. The average molecular weight is 1110 g/mol. The molecule has 19 N–H and O–H groups in total.